The number of hydrogen-bond donors (Lipinski definition) is 2. The number of anilines is 1. The summed E-state index contributed by atoms with van der Waals surface area (Å²) in [7, 11) is 0. The van der Waals surface area contributed by atoms with Crippen LogP contribution in [-0.4, -0.2) is 43.6 Å². The Balaban J connectivity index is 1.55. The molecule has 0 aliphatic heterocycles. The van der Waals surface area contributed by atoms with Crippen LogP contribution in [0.5, 0.6) is 0 Å². The molecule has 1 aromatic heterocycles. The standard InChI is InChI=1S/C29H25Cl2FN6O4/c1-29(2,3)42-28(41)18-9-12-22(21(31)15-18)35-27(40)26(17-7-5-4-6-8-17)36-24(39)14-10-19-23(38-34-16-33-37-38)13-11-20(30)25(19)32/h4-16,26H,1-3H3,(H,35,40)(H,36,39)/b14-10+/t26-/m0/s1. The number of esters is 1. The molecule has 0 bridgehead atoms. The first-order valence-electron chi connectivity index (χ1n) is 12.5. The Hall–Kier alpha value is -4.61. The molecule has 0 fully saturated rings. The van der Waals surface area contributed by atoms with E-state index in [2.05, 4.69) is 26.0 Å². The van der Waals surface area contributed by atoms with Crippen molar-refractivity contribution in [2.24, 2.45) is 0 Å². The number of nitrogens with one attached hydrogen (secondary N) is 2. The van der Waals surface area contributed by atoms with Crippen molar-refractivity contribution in [1.29, 1.82) is 0 Å². The Morgan fingerprint density at radius 3 is 2.40 bits per heavy atom. The van der Waals surface area contributed by atoms with Gasteiger partial charge in [0.25, 0.3) is 5.91 Å². The summed E-state index contributed by atoms with van der Waals surface area (Å²) in [6, 6.07) is 14.4. The third kappa shape index (κ3) is 7.56. The fourth-order valence-corrected chi connectivity index (χ4v) is 4.14. The van der Waals surface area contributed by atoms with Gasteiger partial charge in [-0.1, -0.05) is 53.5 Å². The predicted octanol–water partition coefficient (Wildman–Crippen LogP) is 5.57. The van der Waals surface area contributed by atoms with Gasteiger partial charge in [0.15, 0.2) is 12.1 Å². The molecule has 0 saturated carbocycles. The molecule has 0 aliphatic carbocycles. The number of carbonyl (C=O) groups is 3. The average molecular weight is 611 g/mol. The zero-order valence-electron chi connectivity index (χ0n) is 22.6. The molecular formula is C29H25Cl2FN6O4. The summed E-state index contributed by atoms with van der Waals surface area (Å²) in [6.45, 7) is 5.23. The number of carbonyl (C=O) groups excluding carboxylic acids is 3. The van der Waals surface area contributed by atoms with E-state index in [0.717, 1.165) is 10.9 Å². The Bertz CT molecular complexity index is 1640. The summed E-state index contributed by atoms with van der Waals surface area (Å²) in [6.07, 6.45) is 3.43. The fourth-order valence-electron chi connectivity index (χ4n) is 3.75. The van der Waals surface area contributed by atoms with E-state index in [9.17, 15) is 18.8 Å². The van der Waals surface area contributed by atoms with Gasteiger partial charge in [-0.3, -0.25) is 9.59 Å². The Morgan fingerprint density at radius 1 is 1.02 bits per heavy atom. The first-order valence-corrected chi connectivity index (χ1v) is 13.3. The number of rotatable bonds is 8. The third-order valence-electron chi connectivity index (χ3n) is 5.62. The number of benzene rings is 3. The van der Waals surface area contributed by atoms with Crippen molar-refractivity contribution in [3.05, 3.63) is 106 Å². The van der Waals surface area contributed by atoms with Gasteiger partial charge in [-0.15, -0.1) is 15.0 Å². The first kappa shape index (κ1) is 30.4. The molecule has 0 spiro atoms. The van der Waals surface area contributed by atoms with E-state index in [1.54, 1.807) is 51.1 Å². The third-order valence-corrected chi connectivity index (χ3v) is 6.22. The highest BCUT2D eigenvalue weighted by molar-refractivity contribution is 6.34. The Labute approximate surface area is 250 Å². The van der Waals surface area contributed by atoms with Crippen LogP contribution in [0.4, 0.5) is 10.1 Å². The monoisotopic (exact) mass is 610 g/mol. The number of tetrazole rings is 1. The van der Waals surface area contributed by atoms with Gasteiger partial charge in [-0.05, 0) is 68.0 Å². The molecule has 0 unspecified atom stereocenters. The van der Waals surface area contributed by atoms with E-state index in [-0.39, 0.29) is 32.5 Å². The van der Waals surface area contributed by atoms with Gasteiger partial charge in [-0.25, -0.2) is 9.18 Å². The molecule has 2 amide bonds. The molecule has 42 heavy (non-hydrogen) atoms. The summed E-state index contributed by atoms with van der Waals surface area (Å²) < 4.78 is 20.2. The highest BCUT2D eigenvalue weighted by atomic mass is 35.5. The number of halogens is 3. The van der Waals surface area contributed by atoms with Gasteiger partial charge >= 0.3 is 5.97 Å². The van der Waals surface area contributed by atoms with Crippen molar-refractivity contribution in [3.8, 4) is 5.69 Å². The van der Waals surface area contributed by atoms with Crippen molar-refractivity contribution < 1.29 is 23.5 Å². The van der Waals surface area contributed by atoms with Crippen LogP contribution in [0.1, 0.15) is 48.3 Å². The summed E-state index contributed by atoms with van der Waals surface area (Å²) >= 11 is 12.3. The Morgan fingerprint density at radius 2 is 1.76 bits per heavy atom. The molecule has 13 heteroatoms. The average Bonchev–Trinajstić information content (AvgIpc) is 3.48. The van der Waals surface area contributed by atoms with Crippen LogP contribution in [0, 0.1) is 5.82 Å². The molecule has 1 heterocycles. The zero-order chi connectivity index (χ0) is 30.4. The molecule has 0 radical (unpaired) electrons. The minimum Gasteiger partial charge on any atom is -0.456 e. The fraction of sp³-hybridized carbons (Fsp3) is 0.172. The summed E-state index contributed by atoms with van der Waals surface area (Å²) in [4.78, 5) is 39.8. The number of aromatic nitrogens is 4. The molecule has 4 aromatic rings. The SMILES string of the molecule is CC(C)(C)OC(=O)c1ccc(NC(=O)[C@@H](NC(=O)/C=C/c2c(-n3ncnn3)ccc(Cl)c2F)c2ccccc2)c(Cl)c1. The Kier molecular flexibility index (Phi) is 9.34. The number of nitrogens with zero attached hydrogens (tertiary/aromatic N) is 4. The van der Waals surface area contributed by atoms with Gasteiger partial charge in [0.2, 0.25) is 5.91 Å². The van der Waals surface area contributed by atoms with Crippen LogP contribution in [-0.2, 0) is 14.3 Å². The largest absolute Gasteiger partial charge is 0.456 e. The van der Waals surface area contributed by atoms with E-state index in [1.165, 1.54) is 42.7 Å². The predicted molar refractivity (Wildman–Crippen MR) is 156 cm³/mol. The molecular weight excluding hydrogens is 586 g/mol. The number of hydrogen-bond acceptors (Lipinski definition) is 7. The lowest BCUT2D eigenvalue weighted by molar-refractivity contribution is -0.123. The molecule has 2 N–H and O–H groups in total. The van der Waals surface area contributed by atoms with Crippen molar-refractivity contribution in [2.75, 3.05) is 5.32 Å². The van der Waals surface area contributed by atoms with E-state index >= 15 is 0 Å². The smallest absolute Gasteiger partial charge is 0.338 e. The summed E-state index contributed by atoms with van der Waals surface area (Å²) in [5, 5.41) is 16.5. The lowest BCUT2D eigenvalue weighted by atomic mass is 10.1. The molecule has 1 atom stereocenters. The normalized spacial score (nSPS) is 12.1. The van der Waals surface area contributed by atoms with Crippen LogP contribution in [0.15, 0.2) is 73.1 Å². The molecule has 216 valence electrons. The van der Waals surface area contributed by atoms with Crippen molar-refractivity contribution in [1.82, 2.24) is 25.5 Å². The minimum atomic E-state index is -1.16. The van der Waals surface area contributed by atoms with Crippen LogP contribution in [0.3, 0.4) is 0 Å². The molecule has 3 aromatic carbocycles. The second-order valence-electron chi connectivity index (χ2n) is 9.89. The van der Waals surface area contributed by atoms with Gasteiger partial charge < -0.3 is 15.4 Å². The summed E-state index contributed by atoms with van der Waals surface area (Å²) in [5.41, 5.74) is 0.331. The van der Waals surface area contributed by atoms with E-state index < -0.39 is 35.2 Å². The quantitative estimate of drug-likeness (QED) is 0.197. The minimum absolute atomic E-state index is 0.0618. The summed E-state index contributed by atoms with van der Waals surface area (Å²) in [5.74, 6) is -2.68. The second-order valence-corrected chi connectivity index (χ2v) is 10.7. The van der Waals surface area contributed by atoms with Crippen LogP contribution < -0.4 is 10.6 Å². The highest BCUT2D eigenvalue weighted by Gasteiger charge is 2.24. The van der Waals surface area contributed by atoms with Crippen molar-refractivity contribution >= 4 is 52.7 Å². The lowest BCUT2D eigenvalue weighted by Crippen LogP contribution is -2.36. The van der Waals surface area contributed by atoms with Gasteiger partial charge in [0, 0.05) is 11.6 Å². The van der Waals surface area contributed by atoms with Crippen molar-refractivity contribution in [2.45, 2.75) is 32.4 Å². The molecule has 10 nitrogen and oxygen atoms in total. The maximum Gasteiger partial charge on any atom is 0.338 e. The topological polar surface area (TPSA) is 128 Å². The number of ether oxygens (including phenoxy) is 1. The van der Waals surface area contributed by atoms with E-state index in [4.69, 9.17) is 27.9 Å². The first-order chi connectivity index (χ1) is 19.9. The van der Waals surface area contributed by atoms with Crippen LogP contribution in [0.25, 0.3) is 11.8 Å². The van der Waals surface area contributed by atoms with Gasteiger partial charge in [0.1, 0.15) is 11.6 Å². The lowest BCUT2D eigenvalue weighted by Gasteiger charge is -2.20. The van der Waals surface area contributed by atoms with Gasteiger partial charge in [0.05, 0.1) is 27.0 Å². The maximum atomic E-state index is 14.9. The highest BCUT2D eigenvalue weighted by Crippen LogP contribution is 2.27. The molecule has 0 aliphatic rings. The van der Waals surface area contributed by atoms with E-state index in [0.29, 0.717) is 5.56 Å². The molecule has 0 saturated heterocycles. The zero-order valence-corrected chi connectivity index (χ0v) is 24.2. The van der Waals surface area contributed by atoms with E-state index in [1.807, 2.05) is 0 Å². The number of amides is 2. The van der Waals surface area contributed by atoms with Gasteiger partial charge in [-0.2, -0.15) is 0 Å². The van der Waals surface area contributed by atoms with Crippen molar-refractivity contribution in [3.63, 3.8) is 0 Å². The van der Waals surface area contributed by atoms with Crippen LogP contribution in [0.2, 0.25) is 10.0 Å². The molecule has 4 rings (SSSR count). The second kappa shape index (κ2) is 12.9. The maximum absolute atomic E-state index is 14.9. The van der Waals surface area contributed by atoms with Crippen LogP contribution >= 0.6 is 23.2 Å².